The van der Waals surface area contributed by atoms with E-state index in [0.717, 1.165) is 29.3 Å². The lowest BCUT2D eigenvalue weighted by atomic mass is 9.49. The fraction of sp³-hybridized carbons (Fsp3) is 0.810. The van der Waals surface area contributed by atoms with Gasteiger partial charge < -0.3 is 5.32 Å². The van der Waals surface area contributed by atoms with E-state index in [-0.39, 0.29) is 5.91 Å². The number of nitrogens with one attached hydrogen (secondary N) is 1. The molecule has 0 saturated heterocycles. The van der Waals surface area contributed by atoms with Crippen LogP contribution in [0, 0.1) is 23.2 Å². The highest BCUT2D eigenvalue weighted by molar-refractivity contribution is 7.13. The van der Waals surface area contributed by atoms with E-state index in [1.165, 1.54) is 76.3 Å². The minimum absolute atomic E-state index is 0.214. The summed E-state index contributed by atoms with van der Waals surface area (Å²) in [5.74, 6) is 3.58. The van der Waals surface area contributed by atoms with E-state index in [2.05, 4.69) is 10.7 Å². The van der Waals surface area contributed by atoms with Crippen molar-refractivity contribution in [2.45, 2.75) is 83.0 Å². The summed E-state index contributed by atoms with van der Waals surface area (Å²) in [7, 11) is 0. The zero-order chi connectivity index (χ0) is 16.9. The maximum atomic E-state index is 12.7. The monoisotopic (exact) mass is 358 g/mol. The summed E-state index contributed by atoms with van der Waals surface area (Å²) in [5, 5.41) is 6.15. The fourth-order valence-electron chi connectivity index (χ4n) is 6.94. The van der Waals surface area contributed by atoms with Crippen molar-refractivity contribution in [2.24, 2.45) is 23.2 Å². The Balaban J connectivity index is 1.22. The molecule has 25 heavy (non-hydrogen) atoms. The number of anilines is 1. The third kappa shape index (κ3) is 3.27. The van der Waals surface area contributed by atoms with Gasteiger partial charge in [-0.05, 0) is 74.5 Å². The van der Waals surface area contributed by atoms with Crippen LogP contribution in [0.15, 0.2) is 5.38 Å². The van der Waals surface area contributed by atoms with Gasteiger partial charge in [0.1, 0.15) is 0 Å². The molecule has 6 rings (SSSR count). The molecular formula is C21H30N2OS. The third-order valence-corrected chi connectivity index (χ3v) is 8.27. The lowest BCUT2D eigenvalue weighted by molar-refractivity contribution is -0.124. The van der Waals surface area contributed by atoms with Crippen molar-refractivity contribution in [1.29, 1.82) is 0 Å². The lowest BCUT2D eigenvalue weighted by Crippen LogP contribution is -2.47. The van der Waals surface area contributed by atoms with Crippen LogP contribution in [0.2, 0.25) is 0 Å². The number of aromatic nitrogens is 1. The molecule has 0 unspecified atom stereocenters. The number of rotatable bonds is 4. The Hall–Kier alpha value is -0.900. The largest absolute Gasteiger partial charge is 0.302 e. The average molecular weight is 359 g/mol. The van der Waals surface area contributed by atoms with Crippen LogP contribution in [-0.4, -0.2) is 10.9 Å². The first-order valence-corrected chi connectivity index (χ1v) is 11.3. The summed E-state index contributed by atoms with van der Waals surface area (Å²) in [4.78, 5) is 17.5. The lowest BCUT2D eigenvalue weighted by Gasteiger charge is -2.56. The number of amides is 1. The second-order valence-corrected chi connectivity index (χ2v) is 10.4. The van der Waals surface area contributed by atoms with Crippen molar-refractivity contribution in [3.05, 3.63) is 11.1 Å². The highest BCUT2D eigenvalue weighted by Gasteiger charge is 2.51. The average Bonchev–Trinajstić information content (AvgIpc) is 3.02. The molecule has 1 aromatic rings. The second kappa shape index (κ2) is 6.37. The highest BCUT2D eigenvalue weighted by Crippen LogP contribution is 2.61. The molecule has 4 heteroatoms. The van der Waals surface area contributed by atoms with E-state index in [0.29, 0.717) is 11.3 Å². The SMILES string of the molecule is O=C(CC12CC3CC(CC(C3)C1)C2)Nc1nc(C2CCCCC2)cs1. The van der Waals surface area contributed by atoms with Gasteiger partial charge in [-0.15, -0.1) is 11.3 Å². The summed E-state index contributed by atoms with van der Waals surface area (Å²) < 4.78 is 0. The molecule has 5 aliphatic carbocycles. The van der Waals surface area contributed by atoms with E-state index < -0.39 is 0 Å². The van der Waals surface area contributed by atoms with Crippen LogP contribution in [0.3, 0.4) is 0 Å². The minimum Gasteiger partial charge on any atom is -0.302 e. The standard InChI is InChI=1S/C21H30N2OS/c24-19(12-21-9-14-6-15(10-21)8-16(7-14)11-21)23-20-22-18(13-25-20)17-4-2-1-3-5-17/h13-17H,1-12H2,(H,22,23,24). The summed E-state index contributed by atoms with van der Waals surface area (Å²) in [5.41, 5.74) is 1.54. The summed E-state index contributed by atoms with van der Waals surface area (Å²) in [6, 6.07) is 0. The summed E-state index contributed by atoms with van der Waals surface area (Å²) >= 11 is 1.62. The van der Waals surface area contributed by atoms with Crippen LogP contribution in [0.25, 0.3) is 0 Å². The van der Waals surface area contributed by atoms with Gasteiger partial charge in [0, 0.05) is 17.7 Å². The molecule has 5 saturated carbocycles. The number of carbonyl (C=O) groups excluding carboxylic acids is 1. The molecule has 5 aliphatic rings. The van der Waals surface area contributed by atoms with Crippen LogP contribution in [0.4, 0.5) is 5.13 Å². The Bertz CT molecular complexity index is 611. The van der Waals surface area contributed by atoms with Gasteiger partial charge in [0.05, 0.1) is 5.69 Å². The van der Waals surface area contributed by atoms with Gasteiger partial charge in [0.15, 0.2) is 5.13 Å². The topological polar surface area (TPSA) is 42.0 Å². The zero-order valence-electron chi connectivity index (χ0n) is 15.1. The molecule has 0 aromatic carbocycles. The Morgan fingerprint density at radius 1 is 1.08 bits per heavy atom. The third-order valence-electron chi connectivity index (χ3n) is 7.49. The molecule has 1 heterocycles. The number of hydrogen-bond donors (Lipinski definition) is 1. The normalized spacial score (nSPS) is 37.4. The van der Waals surface area contributed by atoms with Crippen LogP contribution in [-0.2, 0) is 4.79 Å². The molecule has 5 fully saturated rings. The Kier molecular flexibility index (Phi) is 4.15. The van der Waals surface area contributed by atoms with E-state index >= 15 is 0 Å². The number of thiazole rings is 1. The molecule has 0 spiro atoms. The molecule has 1 aromatic heterocycles. The smallest absolute Gasteiger partial charge is 0.226 e. The van der Waals surface area contributed by atoms with Gasteiger partial charge in [-0.3, -0.25) is 4.79 Å². The van der Waals surface area contributed by atoms with Crippen LogP contribution >= 0.6 is 11.3 Å². The van der Waals surface area contributed by atoms with E-state index in [1.54, 1.807) is 11.3 Å². The molecule has 0 aliphatic heterocycles. The molecule has 1 amide bonds. The van der Waals surface area contributed by atoms with Crippen molar-refractivity contribution in [2.75, 3.05) is 5.32 Å². The summed E-state index contributed by atoms with van der Waals surface area (Å²) in [6.45, 7) is 0. The first kappa shape index (κ1) is 16.3. The Labute approximate surface area is 155 Å². The van der Waals surface area contributed by atoms with E-state index in [4.69, 9.17) is 4.98 Å². The minimum atomic E-state index is 0.214. The first-order valence-electron chi connectivity index (χ1n) is 10.4. The predicted octanol–water partition coefficient (Wildman–Crippen LogP) is 5.74. The maximum absolute atomic E-state index is 12.7. The quantitative estimate of drug-likeness (QED) is 0.746. The van der Waals surface area contributed by atoms with Crippen molar-refractivity contribution in [1.82, 2.24) is 4.98 Å². The van der Waals surface area contributed by atoms with Crippen LogP contribution in [0.5, 0.6) is 0 Å². The molecule has 3 nitrogen and oxygen atoms in total. The zero-order valence-corrected chi connectivity index (χ0v) is 16.0. The number of carbonyl (C=O) groups is 1. The first-order chi connectivity index (χ1) is 12.2. The molecular weight excluding hydrogens is 328 g/mol. The summed E-state index contributed by atoms with van der Waals surface area (Å²) in [6.07, 6.45) is 15.5. The van der Waals surface area contributed by atoms with Gasteiger partial charge in [-0.1, -0.05) is 19.3 Å². The van der Waals surface area contributed by atoms with Gasteiger partial charge in [-0.2, -0.15) is 0 Å². The van der Waals surface area contributed by atoms with Crippen LogP contribution in [0.1, 0.15) is 88.7 Å². The van der Waals surface area contributed by atoms with E-state index in [9.17, 15) is 4.79 Å². The van der Waals surface area contributed by atoms with Crippen molar-refractivity contribution < 1.29 is 4.79 Å². The highest BCUT2D eigenvalue weighted by atomic mass is 32.1. The van der Waals surface area contributed by atoms with Gasteiger partial charge in [0.2, 0.25) is 5.91 Å². The van der Waals surface area contributed by atoms with Crippen LogP contribution < -0.4 is 5.32 Å². The van der Waals surface area contributed by atoms with Crippen molar-refractivity contribution in [3.63, 3.8) is 0 Å². The van der Waals surface area contributed by atoms with Gasteiger partial charge in [0.25, 0.3) is 0 Å². The van der Waals surface area contributed by atoms with Crippen molar-refractivity contribution >= 4 is 22.4 Å². The number of nitrogens with zero attached hydrogens (tertiary/aromatic N) is 1. The molecule has 4 bridgehead atoms. The molecule has 136 valence electrons. The number of hydrogen-bond acceptors (Lipinski definition) is 3. The van der Waals surface area contributed by atoms with Crippen molar-refractivity contribution in [3.8, 4) is 0 Å². The fourth-order valence-corrected chi connectivity index (χ4v) is 7.75. The maximum Gasteiger partial charge on any atom is 0.226 e. The molecule has 1 N–H and O–H groups in total. The van der Waals surface area contributed by atoms with Gasteiger partial charge in [-0.25, -0.2) is 4.98 Å². The van der Waals surface area contributed by atoms with Gasteiger partial charge >= 0.3 is 0 Å². The molecule has 0 radical (unpaired) electrons. The second-order valence-electron chi connectivity index (χ2n) is 9.55. The predicted molar refractivity (Wildman–Crippen MR) is 102 cm³/mol. The molecule has 0 atom stereocenters. The Morgan fingerprint density at radius 2 is 1.72 bits per heavy atom. The van der Waals surface area contributed by atoms with E-state index in [1.807, 2.05) is 0 Å². The Morgan fingerprint density at radius 3 is 2.36 bits per heavy atom.